The molecule has 1 heterocycles. The van der Waals surface area contributed by atoms with Crippen LogP contribution in [0.4, 0.5) is 5.13 Å². The molecule has 0 bridgehead atoms. The summed E-state index contributed by atoms with van der Waals surface area (Å²) in [5.41, 5.74) is 1.72. The number of carbonyl (C=O) groups excluding carboxylic acids is 1. The van der Waals surface area contributed by atoms with Crippen LogP contribution >= 0.6 is 27.3 Å². The predicted molar refractivity (Wildman–Crippen MR) is 102 cm³/mol. The molecule has 0 saturated carbocycles. The number of nitrogens with zero attached hydrogens (tertiary/aromatic N) is 1. The molecule has 0 saturated heterocycles. The van der Waals surface area contributed by atoms with Crippen molar-refractivity contribution in [1.29, 1.82) is 0 Å². The first kappa shape index (κ1) is 17.4. The zero-order chi connectivity index (χ0) is 17.6. The molecule has 0 radical (unpaired) electrons. The molecule has 2 aromatic carbocycles. The minimum atomic E-state index is -0.249. The van der Waals surface area contributed by atoms with Crippen LogP contribution in [0.15, 0.2) is 58.4 Å². The maximum atomic E-state index is 12.0. The standard InChI is InChI=1S/C18H15BrN2O3S/c1-23-16-8-7-12(9-14(16)19)15-11-25-18(20-15)21-17(22)10-24-13-5-3-2-4-6-13/h2-9,11H,10H2,1H3,(H,20,21,22). The summed E-state index contributed by atoms with van der Waals surface area (Å²) >= 11 is 4.82. The normalized spacial score (nSPS) is 10.3. The van der Waals surface area contributed by atoms with Crippen LogP contribution in [0.1, 0.15) is 0 Å². The van der Waals surface area contributed by atoms with E-state index in [1.807, 2.05) is 41.8 Å². The zero-order valence-corrected chi connectivity index (χ0v) is 15.8. The second-order valence-electron chi connectivity index (χ2n) is 5.04. The van der Waals surface area contributed by atoms with E-state index >= 15 is 0 Å². The van der Waals surface area contributed by atoms with Crippen molar-refractivity contribution in [2.45, 2.75) is 0 Å². The van der Waals surface area contributed by atoms with E-state index in [0.29, 0.717) is 10.9 Å². The summed E-state index contributed by atoms with van der Waals surface area (Å²) in [6.45, 7) is -0.0625. The minimum Gasteiger partial charge on any atom is -0.496 e. The van der Waals surface area contributed by atoms with Gasteiger partial charge in [0.05, 0.1) is 17.3 Å². The summed E-state index contributed by atoms with van der Waals surface area (Å²) in [5.74, 6) is 1.16. The van der Waals surface area contributed by atoms with E-state index in [9.17, 15) is 4.79 Å². The monoisotopic (exact) mass is 418 g/mol. The van der Waals surface area contributed by atoms with Gasteiger partial charge in [0.15, 0.2) is 11.7 Å². The van der Waals surface area contributed by atoms with Gasteiger partial charge < -0.3 is 9.47 Å². The second kappa shape index (κ2) is 8.13. The van der Waals surface area contributed by atoms with Crippen molar-refractivity contribution in [3.05, 3.63) is 58.4 Å². The number of carbonyl (C=O) groups is 1. The highest BCUT2D eigenvalue weighted by atomic mass is 79.9. The number of nitrogens with one attached hydrogen (secondary N) is 1. The van der Waals surface area contributed by atoms with Gasteiger partial charge in [-0.2, -0.15) is 0 Å². The lowest BCUT2D eigenvalue weighted by Gasteiger charge is -2.05. The highest BCUT2D eigenvalue weighted by molar-refractivity contribution is 9.10. The second-order valence-corrected chi connectivity index (χ2v) is 6.75. The van der Waals surface area contributed by atoms with E-state index in [0.717, 1.165) is 21.5 Å². The lowest BCUT2D eigenvalue weighted by atomic mass is 10.2. The molecule has 0 spiro atoms. The molecule has 25 heavy (non-hydrogen) atoms. The molecule has 0 atom stereocenters. The highest BCUT2D eigenvalue weighted by Crippen LogP contribution is 2.32. The van der Waals surface area contributed by atoms with Crippen molar-refractivity contribution in [3.63, 3.8) is 0 Å². The number of benzene rings is 2. The Kier molecular flexibility index (Phi) is 5.67. The molecular weight excluding hydrogens is 404 g/mol. The Balaban J connectivity index is 1.61. The van der Waals surface area contributed by atoms with Crippen molar-refractivity contribution >= 4 is 38.3 Å². The Morgan fingerprint density at radius 3 is 2.76 bits per heavy atom. The summed E-state index contributed by atoms with van der Waals surface area (Å²) < 4.78 is 11.5. The van der Waals surface area contributed by atoms with Crippen molar-refractivity contribution in [1.82, 2.24) is 4.98 Å². The van der Waals surface area contributed by atoms with Gasteiger partial charge in [0.25, 0.3) is 5.91 Å². The quantitative estimate of drug-likeness (QED) is 0.635. The molecule has 128 valence electrons. The van der Waals surface area contributed by atoms with E-state index < -0.39 is 0 Å². The maximum absolute atomic E-state index is 12.0. The fourth-order valence-electron chi connectivity index (χ4n) is 2.11. The van der Waals surface area contributed by atoms with Crippen LogP contribution < -0.4 is 14.8 Å². The molecule has 1 amide bonds. The maximum Gasteiger partial charge on any atom is 0.264 e. The third-order valence-corrected chi connectivity index (χ3v) is 4.69. The lowest BCUT2D eigenvalue weighted by Crippen LogP contribution is -2.19. The van der Waals surface area contributed by atoms with Crippen molar-refractivity contribution < 1.29 is 14.3 Å². The van der Waals surface area contributed by atoms with Crippen molar-refractivity contribution in [2.24, 2.45) is 0 Å². The number of halogens is 1. The number of aromatic nitrogens is 1. The molecule has 1 N–H and O–H groups in total. The van der Waals surface area contributed by atoms with Gasteiger partial charge in [0.2, 0.25) is 0 Å². The minimum absolute atomic E-state index is 0.0625. The molecule has 0 aliphatic rings. The summed E-state index contributed by atoms with van der Waals surface area (Å²) in [6, 6.07) is 14.9. The van der Waals surface area contributed by atoms with Gasteiger partial charge in [0.1, 0.15) is 11.5 Å². The number of hydrogen-bond acceptors (Lipinski definition) is 5. The zero-order valence-electron chi connectivity index (χ0n) is 13.4. The summed E-state index contributed by atoms with van der Waals surface area (Å²) in [7, 11) is 1.62. The van der Waals surface area contributed by atoms with Gasteiger partial charge >= 0.3 is 0 Å². The first-order valence-corrected chi connectivity index (χ1v) is 9.10. The average molecular weight is 419 g/mol. The molecule has 0 fully saturated rings. The molecule has 0 aliphatic carbocycles. The smallest absolute Gasteiger partial charge is 0.264 e. The van der Waals surface area contributed by atoms with Gasteiger partial charge in [-0.15, -0.1) is 11.3 Å². The van der Waals surface area contributed by atoms with Crippen molar-refractivity contribution in [3.8, 4) is 22.8 Å². The molecule has 7 heteroatoms. The number of rotatable bonds is 6. The molecule has 3 aromatic rings. The highest BCUT2D eigenvalue weighted by Gasteiger charge is 2.10. The van der Waals surface area contributed by atoms with E-state index in [1.165, 1.54) is 11.3 Å². The van der Waals surface area contributed by atoms with E-state index in [4.69, 9.17) is 9.47 Å². The van der Waals surface area contributed by atoms with Crippen molar-refractivity contribution in [2.75, 3.05) is 19.0 Å². The third-order valence-electron chi connectivity index (χ3n) is 3.31. The number of anilines is 1. The molecule has 3 rings (SSSR count). The fourth-order valence-corrected chi connectivity index (χ4v) is 3.39. The number of amides is 1. The summed E-state index contributed by atoms with van der Waals surface area (Å²) in [5, 5.41) is 5.17. The fraction of sp³-hybridized carbons (Fsp3) is 0.111. The van der Waals surface area contributed by atoms with Crippen LogP contribution in [-0.4, -0.2) is 24.6 Å². The van der Waals surface area contributed by atoms with Gasteiger partial charge in [-0.1, -0.05) is 18.2 Å². The SMILES string of the molecule is COc1ccc(-c2csc(NC(=O)COc3ccccc3)n2)cc1Br. The number of para-hydroxylation sites is 1. The molecule has 5 nitrogen and oxygen atoms in total. The first-order chi connectivity index (χ1) is 12.2. The number of methoxy groups -OCH3 is 1. The largest absolute Gasteiger partial charge is 0.496 e. The Morgan fingerprint density at radius 1 is 1.24 bits per heavy atom. The van der Waals surface area contributed by atoms with Crippen LogP contribution in [0.5, 0.6) is 11.5 Å². The number of hydrogen-bond donors (Lipinski definition) is 1. The predicted octanol–water partition coefficient (Wildman–Crippen LogP) is 4.60. The first-order valence-electron chi connectivity index (χ1n) is 7.43. The molecule has 0 aliphatic heterocycles. The van der Waals surface area contributed by atoms with Crippen LogP contribution in [-0.2, 0) is 4.79 Å². The Bertz CT molecular complexity index is 868. The van der Waals surface area contributed by atoms with Gasteiger partial charge in [-0.25, -0.2) is 4.98 Å². The summed E-state index contributed by atoms with van der Waals surface area (Å²) in [4.78, 5) is 16.4. The van der Waals surface area contributed by atoms with Crippen LogP contribution in [0.2, 0.25) is 0 Å². The molecule has 0 unspecified atom stereocenters. The van der Waals surface area contributed by atoms with Crippen LogP contribution in [0.25, 0.3) is 11.3 Å². The van der Waals surface area contributed by atoms with Crippen LogP contribution in [0, 0.1) is 0 Å². The van der Waals surface area contributed by atoms with Gasteiger partial charge in [0, 0.05) is 10.9 Å². The van der Waals surface area contributed by atoms with Crippen LogP contribution in [0.3, 0.4) is 0 Å². The Labute approximate surface area is 157 Å². The average Bonchev–Trinajstić information content (AvgIpc) is 3.09. The number of ether oxygens (including phenoxy) is 2. The van der Waals surface area contributed by atoms with Gasteiger partial charge in [-0.3, -0.25) is 10.1 Å². The third kappa shape index (κ3) is 4.58. The summed E-state index contributed by atoms with van der Waals surface area (Å²) in [6.07, 6.45) is 0. The Hall–Kier alpha value is -2.38. The van der Waals surface area contributed by atoms with E-state index in [2.05, 4.69) is 26.2 Å². The Morgan fingerprint density at radius 2 is 2.04 bits per heavy atom. The lowest BCUT2D eigenvalue weighted by molar-refractivity contribution is -0.118. The number of thiazole rings is 1. The van der Waals surface area contributed by atoms with E-state index in [1.54, 1.807) is 19.2 Å². The molecule has 1 aromatic heterocycles. The topological polar surface area (TPSA) is 60.5 Å². The van der Waals surface area contributed by atoms with E-state index in [-0.39, 0.29) is 12.5 Å². The molecular formula is C18H15BrN2O3S. The van der Waals surface area contributed by atoms with Gasteiger partial charge in [-0.05, 0) is 46.3 Å².